The SMILES string of the molecule is COc1ccc(F)cc1C(C)(C)CC(O)(Cc1cc2cc(C(=O)OCC(N)=O)ccc2[nH]1)C(F)(F)F. The Bertz CT molecular complexity index is 1290. The molecule has 0 saturated carbocycles. The van der Waals surface area contributed by atoms with E-state index in [9.17, 15) is 32.3 Å². The molecular weight excluding hydrogens is 484 g/mol. The molecule has 0 aliphatic rings. The number of H-pyrrole nitrogens is 1. The zero-order chi connectivity index (χ0) is 26.9. The van der Waals surface area contributed by atoms with Crippen molar-refractivity contribution in [1.29, 1.82) is 0 Å². The van der Waals surface area contributed by atoms with E-state index in [1.165, 1.54) is 51.3 Å². The van der Waals surface area contributed by atoms with Gasteiger partial charge >= 0.3 is 12.1 Å². The minimum atomic E-state index is -5.02. The second-order valence-electron chi connectivity index (χ2n) is 9.25. The summed E-state index contributed by atoms with van der Waals surface area (Å²) in [5.41, 5.74) is 1.17. The van der Waals surface area contributed by atoms with Crippen LogP contribution >= 0.6 is 0 Å². The third kappa shape index (κ3) is 5.78. The summed E-state index contributed by atoms with van der Waals surface area (Å²) in [5, 5.41) is 11.3. The molecule has 1 aromatic heterocycles. The summed E-state index contributed by atoms with van der Waals surface area (Å²) in [7, 11) is 1.32. The number of aliphatic hydroxyl groups is 1. The summed E-state index contributed by atoms with van der Waals surface area (Å²) in [4.78, 5) is 25.7. The van der Waals surface area contributed by atoms with Gasteiger partial charge in [-0.3, -0.25) is 4.79 Å². The summed E-state index contributed by atoms with van der Waals surface area (Å²) in [5.74, 6) is -2.10. The van der Waals surface area contributed by atoms with Crippen LogP contribution in [0.5, 0.6) is 5.75 Å². The van der Waals surface area contributed by atoms with E-state index in [-0.39, 0.29) is 22.6 Å². The Balaban J connectivity index is 1.93. The van der Waals surface area contributed by atoms with Crippen LogP contribution in [0.2, 0.25) is 0 Å². The number of esters is 1. The number of carbonyl (C=O) groups is 2. The lowest BCUT2D eigenvalue weighted by Crippen LogP contribution is -2.51. The largest absolute Gasteiger partial charge is 0.496 e. The van der Waals surface area contributed by atoms with E-state index < -0.39 is 54.3 Å². The Morgan fingerprint density at radius 1 is 1.08 bits per heavy atom. The lowest BCUT2D eigenvalue weighted by atomic mass is 9.73. The number of rotatable bonds is 9. The lowest BCUT2D eigenvalue weighted by Gasteiger charge is -2.38. The van der Waals surface area contributed by atoms with Crippen LogP contribution in [0.4, 0.5) is 17.6 Å². The molecule has 4 N–H and O–H groups in total. The number of alkyl halides is 3. The average Bonchev–Trinajstić information content (AvgIpc) is 3.17. The molecule has 2 aromatic carbocycles. The third-order valence-electron chi connectivity index (χ3n) is 5.89. The Labute approximate surface area is 204 Å². The fraction of sp³-hybridized carbons (Fsp3) is 0.360. The topological polar surface area (TPSA) is 115 Å². The number of nitrogens with one attached hydrogen (secondary N) is 1. The normalized spacial score (nSPS) is 13.9. The van der Waals surface area contributed by atoms with E-state index in [0.717, 1.165) is 12.1 Å². The van der Waals surface area contributed by atoms with Crippen molar-refractivity contribution >= 4 is 22.8 Å². The van der Waals surface area contributed by atoms with Crippen molar-refractivity contribution in [2.24, 2.45) is 5.73 Å². The monoisotopic (exact) mass is 510 g/mol. The molecule has 0 bridgehead atoms. The van der Waals surface area contributed by atoms with Crippen molar-refractivity contribution in [3.8, 4) is 5.75 Å². The van der Waals surface area contributed by atoms with E-state index in [2.05, 4.69) is 4.98 Å². The summed E-state index contributed by atoms with van der Waals surface area (Å²) in [6, 6.07) is 9.16. The van der Waals surface area contributed by atoms with Crippen LogP contribution in [0.15, 0.2) is 42.5 Å². The number of nitrogens with two attached hydrogens (primary N) is 1. The maximum atomic E-state index is 14.2. The van der Waals surface area contributed by atoms with Crippen molar-refractivity contribution in [1.82, 2.24) is 4.98 Å². The van der Waals surface area contributed by atoms with Gasteiger partial charge in [0.2, 0.25) is 0 Å². The first kappa shape index (κ1) is 27.0. The van der Waals surface area contributed by atoms with Gasteiger partial charge in [0.15, 0.2) is 12.2 Å². The number of fused-ring (bicyclic) bond motifs is 1. The molecule has 0 fully saturated rings. The molecule has 1 heterocycles. The molecule has 0 radical (unpaired) electrons. The molecule has 0 aliphatic carbocycles. The van der Waals surface area contributed by atoms with Gasteiger partial charge in [0, 0.05) is 28.6 Å². The van der Waals surface area contributed by atoms with Crippen molar-refractivity contribution in [2.75, 3.05) is 13.7 Å². The van der Waals surface area contributed by atoms with E-state index >= 15 is 0 Å². The number of methoxy groups -OCH3 is 1. The number of hydrogen-bond donors (Lipinski definition) is 3. The molecule has 0 spiro atoms. The van der Waals surface area contributed by atoms with Crippen LogP contribution in [-0.4, -0.2) is 47.5 Å². The van der Waals surface area contributed by atoms with E-state index in [4.69, 9.17) is 15.2 Å². The average molecular weight is 510 g/mol. The highest BCUT2D eigenvalue weighted by molar-refractivity contribution is 5.95. The van der Waals surface area contributed by atoms with Gasteiger partial charge in [-0.05, 0) is 54.3 Å². The van der Waals surface area contributed by atoms with E-state index in [0.29, 0.717) is 10.9 Å². The van der Waals surface area contributed by atoms with Gasteiger partial charge in [0.05, 0.1) is 12.7 Å². The number of hydrogen-bond acceptors (Lipinski definition) is 5. The Hall–Kier alpha value is -3.60. The number of ether oxygens (including phenoxy) is 2. The third-order valence-corrected chi connectivity index (χ3v) is 5.89. The zero-order valence-corrected chi connectivity index (χ0v) is 19.8. The summed E-state index contributed by atoms with van der Waals surface area (Å²) < 4.78 is 66.5. The van der Waals surface area contributed by atoms with Crippen molar-refractivity contribution in [3.05, 3.63) is 65.1 Å². The van der Waals surface area contributed by atoms with Crippen LogP contribution in [0, 0.1) is 5.82 Å². The molecule has 1 amide bonds. The molecule has 1 unspecified atom stereocenters. The predicted molar refractivity (Wildman–Crippen MR) is 123 cm³/mol. The number of primary amides is 1. The maximum Gasteiger partial charge on any atom is 0.417 e. The first-order valence-electron chi connectivity index (χ1n) is 10.9. The lowest BCUT2D eigenvalue weighted by molar-refractivity contribution is -0.266. The first-order valence-corrected chi connectivity index (χ1v) is 10.9. The summed E-state index contributed by atoms with van der Waals surface area (Å²) in [6.45, 7) is 2.33. The Morgan fingerprint density at radius 2 is 1.78 bits per heavy atom. The highest BCUT2D eigenvalue weighted by atomic mass is 19.4. The molecule has 1 atom stereocenters. The first-order chi connectivity index (χ1) is 16.6. The molecule has 3 aromatic rings. The van der Waals surface area contributed by atoms with E-state index in [1.807, 2.05) is 0 Å². The molecule has 0 saturated heterocycles. The highest BCUT2D eigenvalue weighted by Crippen LogP contribution is 2.45. The predicted octanol–water partition coefficient (Wildman–Crippen LogP) is 4.16. The number of halogens is 4. The van der Waals surface area contributed by atoms with Crippen LogP contribution in [0.1, 0.15) is 41.9 Å². The second kappa shape index (κ2) is 9.81. The van der Waals surface area contributed by atoms with Gasteiger partial charge in [-0.15, -0.1) is 0 Å². The minimum absolute atomic E-state index is 0.0643. The Kier molecular flexibility index (Phi) is 7.35. The fourth-order valence-corrected chi connectivity index (χ4v) is 4.25. The number of aromatic amines is 1. The Morgan fingerprint density at radius 3 is 2.39 bits per heavy atom. The minimum Gasteiger partial charge on any atom is -0.496 e. The van der Waals surface area contributed by atoms with Gasteiger partial charge in [0.1, 0.15) is 11.6 Å². The molecule has 3 rings (SSSR count). The molecule has 11 heteroatoms. The molecule has 7 nitrogen and oxygen atoms in total. The molecule has 36 heavy (non-hydrogen) atoms. The number of amides is 1. The van der Waals surface area contributed by atoms with Gasteiger partial charge < -0.3 is 25.3 Å². The van der Waals surface area contributed by atoms with Gasteiger partial charge in [-0.2, -0.15) is 13.2 Å². The second-order valence-corrected chi connectivity index (χ2v) is 9.25. The smallest absolute Gasteiger partial charge is 0.417 e. The molecule has 0 aliphatic heterocycles. The van der Waals surface area contributed by atoms with Gasteiger partial charge in [0.25, 0.3) is 5.91 Å². The fourth-order valence-electron chi connectivity index (χ4n) is 4.25. The quantitative estimate of drug-likeness (QED) is 0.295. The van der Waals surface area contributed by atoms with Crippen LogP contribution < -0.4 is 10.5 Å². The van der Waals surface area contributed by atoms with Crippen LogP contribution in [-0.2, 0) is 21.4 Å². The van der Waals surface area contributed by atoms with Gasteiger partial charge in [-0.1, -0.05) is 13.8 Å². The summed E-state index contributed by atoms with van der Waals surface area (Å²) in [6.07, 6.45) is -6.64. The van der Waals surface area contributed by atoms with Gasteiger partial charge in [-0.25, -0.2) is 9.18 Å². The number of aromatic nitrogens is 1. The summed E-state index contributed by atoms with van der Waals surface area (Å²) >= 11 is 0. The van der Waals surface area contributed by atoms with Crippen LogP contribution in [0.3, 0.4) is 0 Å². The molecule has 194 valence electrons. The van der Waals surface area contributed by atoms with E-state index in [1.54, 1.807) is 0 Å². The van der Waals surface area contributed by atoms with Crippen molar-refractivity contribution < 1.29 is 41.7 Å². The molecular formula is C25H26F4N2O5. The maximum absolute atomic E-state index is 14.2. The standard InChI is InChI=1S/C25H26F4N2O5/c1-23(2,18-10-16(26)5-7-20(18)35-3)13-24(34,25(27,28)29)11-17-9-15-8-14(4-6-19(15)31-17)22(33)36-12-21(30)32/h4-10,31,34H,11-13H2,1-3H3,(H2,30,32). The number of carbonyl (C=O) groups excluding carboxylic acids is 2. The number of benzene rings is 2. The van der Waals surface area contributed by atoms with Crippen LogP contribution in [0.25, 0.3) is 10.9 Å². The van der Waals surface area contributed by atoms with Crippen molar-refractivity contribution in [3.63, 3.8) is 0 Å². The highest BCUT2D eigenvalue weighted by Gasteiger charge is 2.56. The zero-order valence-electron chi connectivity index (χ0n) is 19.8. The van der Waals surface area contributed by atoms with Crippen molar-refractivity contribution in [2.45, 2.75) is 43.9 Å².